The number of benzene rings is 1. The molecule has 0 radical (unpaired) electrons. The van der Waals surface area contributed by atoms with Gasteiger partial charge in [0.25, 0.3) is 0 Å². The monoisotopic (exact) mass is 313 g/mol. The molecular formula is C18H23N3O2. The molecule has 0 aliphatic rings. The average Bonchev–Trinajstić information content (AvgIpc) is 2.96. The Morgan fingerprint density at radius 2 is 2.26 bits per heavy atom. The summed E-state index contributed by atoms with van der Waals surface area (Å²) in [5, 5.41) is 8.71. The van der Waals surface area contributed by atoms with Crippen molar-refractivity contribution in [1.29, 1.82) is 5.26 Å². The Labute approximate surface area is 136 Å². The molecule has 122 valence electrons. The highest BCUT2D eigenvalue weighted by Crippen LogP contribution is 2.17. The molecule has 1 atom stereocenters. The minimum absolute atomic E-state index is 0.226. The van der Waals surface area contributed by atoms with Gasteiger partial charge in [0.2, 0.25) is 0 Å². The van der Waals surface area contributed by atoms with E-state index in [0.29, 0.717) is 23.9 Å². The van der Waals surface area contributed by atoms with Crippen molar-refractivity contribution in [2.24, 2.45) is 5.92 Å². The van der Waals surface area contributed by atoms with Crippen LogP contribution in [-0.2, 0) is 11.2 Å². The number of carbonyl (C=O) groups is 1. The highest BCUT2D eigenvalue weighted by molar-refractivity contribution is 5.93. The quantitative estimate of drug-likeness (QED) is 0.747. The molecule has 0 bridgehead atoms. The number of H-pyrrole nitrogens is 1. The smallest absolute Gasteiger partial charge is 0.338 e. The van der Waals surface area contributed by atoms with Gasteiger partial charge in [-0.15, -0.1) is 0 Å². The largest absolute Gasteiger partial charge is 0.462 e. The normalized spacial score (nSPS) is 12.0. The third-order valence-corrected chi connectivity index (χ3v) is 4.01. The van der Waals surface area contributed by atoms with Gasteiger partial charge in [-0.3, -0.25) is 0 Å². The van der Waals surface area contributed by atoms with E-state index in [1.54, 1.807) is 18.2 Å². The number of nitrogens with one attached hydrogen (secondary N) is 1. The number of aromatic amines is 1. The van der Waals surface area contributed by atoms with Crippen LogP contribution in [0.3, 0.4) is 0 Å². The van der Waals surface area contributed by atoms with Crippen molar-refractivity contribution < 1.29 is 9.53 Å². The molecule has 0 amide bonds. The number of nitriles is 1. The number of ether oxygens (including phenoxy) is 1. The van der Waals surface area contributed by atoms with E-state index in [1.807, 2.05) is 0 Å². The predicted octanol–water partition coefficient (Wildman–Crippen LogP) is 4.00. The molecule has 2 aromatic rings. The van der Waals surface area contributed by atoms with E-state index in [4.69, 9.17) is 10.00 Å². The molecule has 5 nitrogen and oxygen atoms in total. The van der Waals surface area contributed by atoms with Gasteiger partial charge in [0, 0.05) is 0 Å². The molecule has 1 N–H and O–H groups in total. The fourth-order valence-electron chi connectivity index (χ4n) is 2.52. The lowest BCUT2D eigenvalue weighted by Crippen LogP contribution is -2.14. The lowest BCUT2D eigenvalue weighted by molar-refractivity contribution is 0.0428. The molecule has 0 saturated carbocycles. The predicted molar refractivity (Wildman–Crippen MR) is 89.0 cm³/mol. The number of aromatic nitrogens is 2. The molecule has 1 aromatic carbocycles. The van der Waals surface area contributed by atoms with E-state index in [-0.39, 0.29) is 12.4 Å². The second-order valence-electron chi connectivity index (χ2n) is 5.77. The molecule has 5 heteroatoms. The molecule has 23 heavy (non-hydrogen) atoms. The zero-order chi connectivity index (χ0) is 16.7. The molecule has 0 saturated heterocycles. The Bertz CT molecular complexity index is 700. The van der Waals surface area contributed by atoms with Gasteiger partial charge in [-0.1, -0.05) is 33.1 Å². The summed E-state index contributed by atoms with van der Waals surface area (Å²) < 4.78 is 5.46. The molecule has 0 aliphatic heterocycles. The highest BCUT2D eigenvalue weighted by Gasteiger charge is 2.13. The number of nitrogens with zero attached hydrogens (tertiary/aromatic N) is 2. The maximum absolute atomic E-state index is 12.2. The number of fused-ring (bicyclic) bond motifs is 1. The van der Waals surface area contributed by atoms with Gasteiger partial charge < -0.3 is 9.72 Å². The summed E-state index contributed by atoms with van der Waals surface area (Å²) in [6.45, 7) is 4.76. The van der Waals surface area contributed by atoms with Crippen molar-refractivity contribution in [1.82, 2.24) is 9.97 Å². The molecule has 0 aliphatic carbocycles. The van der Waals surface area contributed by atoms with Gasteiger partial charge in [0.15, 0.2) is 0 Å². The second kappa shape index (κ2) is 8.33. The van der Waals surface area contributed by atoms with Crippen LogP contribution in [0.1, 0.15) is 55.7 Å². The zero-order valence-electron chi connectivity index (χ0n) is 13.8. The van der Waals surface area contributed by atoms with Crippen molar-refractivity contribution in [2.75, 3.05) is 6.61 Å². The lowest BCUT2D eigenvalue weighted by atomic mass is 10.0. The van der Waals surface area contributed by atoms with Crippen LogP contribution >= 0.6 is 0 Å². The average molecular weight is 313 g/mol. The van der Waals surface area contributed by atoms with Crippen molar-refractivity contribution in [2.45, 2.75) is 46.0 Å². The van der Waals surface area contributed by atoms with Gasteiger partial charge >= 0.3 is 5.97 Å². The number of imidazole rings is 1. The summed E-state index contributed by atoms with van der Waals surface area (Å²) in [7, 11) is 0. The first kappa shape index (κ1) is 17.0. The Balaban J connectivity index is 2.01. The van der Waals surface area contributed by atoms with Crippen LogP contribution in [0, 0.1) is 17.2 Å². The maximum atomic E-state index is 12.2. The molecule has 1 unspecified atom stereocenters. The molecule has 0 fully saturated rings. The van der Waals surface area contributed by atoms with Gasteiger partial charge in [0.05, 0.1) is 35.7 Å². The minimum Gasteiger partial charge on any atom is -0.462 e. The maximum Gasteiger partial charge on any atom is 0.338 e. The first-order valence-electron chi connectivity index (χ1n) is 8.20. The van der Waals surface area contributed by atoms with Crippen molar-refractivity contribution in [3.63, 3.8) is 0 Å². The molecule has 1 aromatic heterocycles. The summed E-state index contributed by atoms with van der Waals surface area (Å²) in [5.74, 6) is 0.730. The summed E-state index contributed by atoms with van der Waals surface area (Å²) in [4.78, 5) is 19.6. The third kappa shape index (κ3) is 4.56. The molecular weight excluding hydrogens is 290 g/mol. The summed E-state index contributed by atoms with van der Waals surface area (Å²) >= 11 is 0. The van der Waals surface area contributed by atoms with Crippen LogP contribution in [0.15, 0.2) is 18.2 Å². The van der Waals surface area contributed by atoms with Crippen molar-refractivity contribution in [3.05, 3.63) is 29.6 Å². The first-order chi connectivity index (χ1) is 11.2. The van der Waals surface area contributed by atoms with E-state index >= 15 is 0 Å². The first-order valence-corrected chi connectivity index (χ1v) is 8.20. The number of unbranched alkanes of at least 4 members (excludes halogenated alkanes) is 1. The zero-order valence-corrected chi connectivity index (χ0v) is 13.8. The Hall–Kier alpha value is -2.35. The highest BCUT2D eigenvalue weighted by atomic mass is 16.5. The molecule has 1 heterocycles. The Morgan fingerprint density at radius 1 is 1.43 bits per heavy atom. The number of esters is 1. The van der Waals surface area contributed by atoms with Gasteiger partial charge in [0.1, 0.15) is 5.82 Å². The fourth-order valence-corrected chi connectivity index (χ4v) is 2.52. The third-order valence-electron chi connectivity index (χ3n) is 4.01. The summed E-state index contributed by atoms with van der Waals surface area (Å²) in [6.07, 6.45) is 4.66. The van der Waals surface area contributed by atoms with E-state index < -0.39 is 0 Å². The standard InChI is InChI=1S/C18H23N3O2/c1-3-5-6-13(4-2)12-23-18(22)14-7-8-15-16(11-14)21-17(20-15)9-10-19/h7-8,11,13H,3-6,9,12H2,1-2H3,(H,20,21). The van der Waals surface area contributed by atoms with Crippen LogP contribution in [0.5, 0.6) is 0 Å². The van der Waals surface area contributed by atoms with Crippen LogP contribution in [-0.4, -0.2) is 22.5 Å². The Morgan fingerprint density at radius 3 is 2.96 bits per heavy atom. The minimum atomic E-state index is -0.307. The summed E-state index contributed by atoms with van der Waals surface area (Å²) in [5.41, 5.74) is 2.01. The Kier molecular flexibility index (Phi) is 6.16. The molecule has 0 spiro atoms. The SMILES string of the molecule is CCCCC(CC)COC(=O)c1ccc2nc(CC#N)[nH]c2c1. The number of hydrogen-bond donors (Lipinski definition) is 1. The number of rotatable bonds is 8. The van der Waals surface area contributed by atoms with E-state index in [2.05, 4.69) is 29.9 Å². The van der Waals surface area contributed by atoms with Crippen LogP contribution < -0.4 is 0 Å². The van der Waals surface area contributed by atoms with Crippen LogP contribution in [0.25, 0.3) is 11.0 Å². The summed E-state index contributed by atoms with van der Waals surface area (Å²) in [6, 6.07) is 7.28. The van der Waals surface area contributed by atoms with Gasteiger partial charge in [-0.2, -0.15) is 5.26 Å². The van der Waals surface area contributed by atoms with Gasteiger partial charge in [-0.25, -0.2) is 9.78 Å². The van der Waals surface area contributed by atoms with Crippen molar-refractivity contribution >= 4 is 17.0 Å². The second-order valence-corrected chi connectivity index (χ2v) is 5.77. The van der Waals surface area contributed by atoms with E-state index in [1.165, 1.54) is 0 Å². The lowest BCUT2D eigenvalue weighted by Gasteiger charge is -2.14. The molecule has 2 rings (SSSR count). The van der Waals surface area contributed by atoms with E-state index in [0.717, 1.165) is 36.7 Å². The fraction of sp³-hybridized carbons (Fsp3) is 0.500. The van der Waals surface area contributed by atoms with E-state index in [9.17, 15) is 4.79 Å². The van der Waals surface area contributed by atoms with Crippen LogP contribution in [0.2, 0.25) is 0 Å². The number of carbonyl (C=O) groups excluding carboxylic acids is 1. The van der Waals surface area contributed by atoms with Gasteiger partial charge in [-0.05, 0) is 30.5 Å². The van der Waals surface area contributed by atoms with Crippen LogP contribution in [0.4, 0.5) is 0 Å². The van der Waals surface area contributed by atoms with Crippen molar-refractivity contribution in [3.8, 4) is 6.07 Å². The topological polar surface area (TPSA) is 78.8 Å². The number of hydrogen-bond acceptors (Lipinski definition) is 4.